The van der Waals surface area contributed by atoms with E-state index >= 15 is 0 Å². The Balaban J connectivity index is 2.10. The minimum absolute atomic E-state index is 0.112. The summed E-state index contributed by atoms with van der Waals surface area (Å²) in [5.74, 6) is 0.293. The van der Waals surface area contributed by atoms with Gasteiger partial charge in [0.25, 0.3) is 0 Å². The van der Waals surface area contributed by atoms with E-state index in [1.807, 2.05) is 12.2 Å². The normalized spacial score (nSPS) is 46.3. The predicted molar refractivity (Wildman–Crippen MR) is 66.6 cm³/mol. The lowest BCUT2D eigenvalue weighted by Crippen LogP contribution is -2.62. The number of rotatable bonds is 1. The summed E-state index contributed by atoms with van der Waals surface area (Å²) in [6.07, 6.45) is 10.3. The van der Waals surface area contributed by atoms with Crippen molar-refractivity contribution in [2.45, 2.75) is 51.2 Å². The summed E-state index contributed by atoms with van der Waals surface area (Å²) in [5.41, 5.74) is 0.840. The molecule has 3 rings (SSSR count). The predicted octanol–water partition coefficient (Wildman–Crippen LogP) is 3.04. The van der Waals surface area contributed by atoms with E-state index < -0.39 is 0 Å². The second-order valence-corrected chi connectivity index (χ2v) is 6.59. The number of carbonyl (C=O) groups excluding carboxylic acids is 1. The zero-order chi connectivity index (χ0) is 12.3. The van der Waals surface area contributed by atoms with Gasteiger partial charge in [-0.25, -0.2) is 0 Å². The highest BCUT2D eigenvalue weighted by atomic mass is 16.5. The fourth-order valence-electron chi connectivity index (χ4n) is 3.97. The van der Waals surface area contributed by atoms with Crippen molar-refractivity contribution in [3.63, 3.8) is 0 Å². The summed E-state index contributed by atoms with van der Waals surface area (Å²) in [6, 6.07) is 0. The summed E-state index contributed by atoms with van der Waals surface area (Å²) in [7, 11) is 0. The van der Waals surface area contributed by atoms with Crippen molar-refractivity contribution in [1.29, 1.82) is 0 Å². The Bertz CT molecular complexity index is 432. The van der Waals surface area contributed by atoms with Crippen LogP contribution in [0.15, 0.2) is 23.8 Å². The highest BCUT2D eigenvalue weighted by molar-refractivity contribution is 5.76. The summed E-state index contributed by atoms with van der Waals surface area (Å²) in [6.45, 7) is 6.69. The van der Waals surface area contributed by atoms with Crippen molar-refractivity contribution in [3.05, 3.63) is 23.8 Å². The molecule has 1 saturated carbocycles. The van der Waals surface area contributed by atoms with Crippen molar-refractivity contribution in [3.8, 4) is 0 Å². The molecule has 17 heavy (non-hydrogen) atoms. The maximum atomic E-state index is 11.2. The Hall–Kier alpha value is -0.890. The number of allylic oxidation sites excluding steroid dienone is 2. The molecule has 0 amide bonds. The number of aldehydes is 1. The number of fused-ring (bicyclic) bond motifs is 1. The van der Waals surface area contributed by atoms with E-state index in [1.165, 1.54) is 0 Å². The van der Waals surface area contributed by atoms with Crippen molar-refractivity contribution in [1.82, 2.24) is 0 Å². The molecule has 92 valence electrons. The van der Waals surface area contributed by atoms with Gasteiger partial charge in [0.2, 0.25) is 0 Å². The van der Waals surface area contributed by atoms with Gasteiger partial charge >= 0.3 is 0 Å². The van der Waals surface area contributed by atoms with Crippen LogP contribution < -0.4 is 0 Å². The van der Waals surface area contributed by atoms with Crippen molar-refractivity contribution in [2.75, 3.05) is 0 Å². The van der Waals surface area contributed by atoms with Gasteiger partial charge in [-0.2, -0.15) is 0 Å². The van der Waals surface area contributed by atoms with Gasteiger partial charge in [0.05, 0.1) is 11.2 Å². The molecule has 1 aliphatic carbocycles. The average molecular weight is 232 g/mol. The summed E-state index contributed by atoms with van der Waals surface area (Å²) in [5, 5.41) is 0. The first-order valence-corrected chi connectivity index (χ1v) is 6.47. The smallest absolute Gasteiger partial charge is 0.146 e. The molecule has 0 aromatic heterocycles. The fraction of sp³-hybridized carbons (Fsp3) is 0.667. The number of ether oxygens (including phenoxy) is 1. The van der Waals surface area contributed by atoms with Crippen LogP contribution in [0.2, 0.25) is 0 Å². The molecule has 0 aromatic carbocycles. The van der Waals surface area contributed by atoms with E-state index in [4.69, 9.17) is 4.74 Å². The molecule has 2 fully saturated rings. The van der Waals surface area contributed by atoms with E-state index in [-0.39, 0.29) is 16.6 Å². The summed E-state index contributed by atoms with van der Waals surface area (Å²) < 4.78 is 6.44. The van der Waals surface area contributed by atoms with Crippen LogP contribution in [0.4, 0.5) is 0 Å². The van der Waals surface area contributed by atoms with Gasteiger partial charge in [-0.1, -0.05) is 32.1 Å². The van der Waals surface area contributed by atoms with Crippen LogP contribution in [0.25, 0.3) is 0 Å². The molecule has 2 heterocycles. The molecular weight excluding hydrogens is 212 g/mol. The standard InChI is InChI=1S/C15H20O2/c1-13(2)9-12-11(10-16)5-4-6-14(3)7-8-15(12,13)17-14/h4-6,10,12H,7-9H2,1-3H3. The minimum Gasteiger partial charge on any atom is -0.364 e. The molecular formula is C15H20O2. The van der Waals surface area contributed by atoms with Crippen molar-refractivity contribution < 1.29 is 9.53 Å². The van der Waals surface area contributed by atoms with Crippen LogP contribution in [0.5, 0.6) is 0 Å². The van der Waals surface area contributed by atoms with Gasteiger partial charge in [-0.15, -0.1) is 0 Å². The molecule has 3 atom stereocenters. The monoisotopic (exact) mass is 232 g/mol. The van der Waals surface area contributed by atoms with Crippen molar-refractivity contribution >= 4 is 6.29 Å². The van der Waals surface area contributed by atoms with Gasteiger partial charge in [0, 0.05) is 5.92 Å². The van der Waals surface area contributed by atoms with E-state index in [0.717, 1.165) is 31.1 Å². The Morgan fingerprint density at radius 3 is 2.76 bits per heavy atom. The van der Waals surface area contributed by atoms with Crippen LogP contribution in [0, 0.1) is 11.3 Å². The molecule has 3 aliphatic rings. The quantitative estimate of drug-likeness (QED) is 0.649. The number of hydrogen-bond donors (Lipinski definition) is 0. The van der Waals surface area contributed by atoms with E-state index in [9.17, 15) is 4.79 Å². The lowest BCUT2D eigenvalue weighted by atomic mass is 9.49. The highest BCUT2D eigenvalue weighted by Crippen LogP contribution is 2.65. The third-order valence-corrected chi connectivity index (χ3v) is 5.11. The Morgan fingerprint density at radius 1 is 1.35 bits per heavy atom. The third kappa shape index (κ3) is 1.28. The molecule has 1 spiro atoms. The van der Waals surface area contributed by atoms with E-state index in [0.29, 0.717) is 5.92 Å². The molecule has 0 N–H and O–H groups in total. The lowest BCUT2D eigenvalue weighted by Gasteiger charge is -2.60. The zero-order valence-corrected chi connectivity index (χ0v) is 10.8. The summed E-state index contributed by atoms with van der Waals surface area (Å²) >= 11 is 0. The second kappa shape index (κ2) is 3.11. The molecule has 0 aromatic rings. The Labute approximate surface area is 103 Å². The maximum Gasteiger partial charge on any atom is 0.146 e. The topological polar surface area (TPSA) is 26.3 Å². The molecule has 3 unspecified atom stereocenters. The molecule has 2 nitrogen and oxygen atoms in total. The van der Waals surface area contributed by atoms with Crippen LogP contribution in [-0.2, 0) is 9.53 Å². The minimum atomic E-state index is -0.138. The number of hydrogen-bond acceptors (Lipinski definition) is 2. The average Bonchev–Trinajstić information content (AvgIpc) is 2.64. The highest BCUT2D eigenvalue weighted by Gasteiger charge is 2.66. The molecule has 2 bridgehead atoms. The van der Waals surface area contributed by atoms with Crippen molar-refractivity contribution in [2.24, 2.45) is 11.3 Å². The first-order valence-electron chi connectivity index (χ1n) is 6.47. The van der Waals surface area contributed by atoms with E-state index in [1.54, 1.807) is 0 Å². The van der Waals surface area contributed by atoms with Gasteiger partial charge < -0.3 is 4.74 Å². The molecule has 2 aliphatic heterocycles. The SMILES string of the molecule is CC12C=CC=C(C=O)C3CC(C)(C)C3(CC1)O2. The molecule has 0 radical (unpaired) electrons. The largest absolute Gasteiger partial charge is 0.364 e. The number of carbonyl (C=O) groups is 1. The van der Waals surface area contributed by atoms with Crippen LogP contribution >= 0.6 is 0 Å². The molecule has 1 saturated heterocycles. The van der Waals surface area contributed by atoms with Crippen LogP contribution in [0.1, 0.15) is 40.0 Å². The third-order valence-electron chi connectivity index (χ3n) is 5.11. The van der Waals surface area contributed by atoms with Crippen LogP contribution in [-0.4, -0.2) is 17.5 Å². The fourth-order valence-corrected chi connectivity index (χ4v) is 3.97. The van der Waals surface area contributed by atoms with Crippen LogP contribution in [0.3, 0.4) is 0 Å². The van der Waals surface area contributed by atoms with E-state index in [2.05, 4.69) is 26.8 Å². The first kappa shape index (κ1) is 11.2. The maximum absolute atomic E-state index is 11.2. The Kier molecular flexibility index (Phi) is 2.05. The van der Waals surface area contributed by atoms with Gasteiger partial charge in [-0.3, -0.25) is 4.79 Å². The first-order chi connectivity index (χ1) is 7.93. The van der Waals surface area contributed by atoms with Gasteiger partial charge in [-0.05, 0) is 37.2 Å². The van der Waals surface area contributed by atoms with Gasteiger partial charge in [0.1, 0.15) is 6.29 Å². The Morgan fingerprint density at radius 2 is 2.12 bits per heavy atom. The second-order valence-electron chi connectivity index (χ2n) is 6.59. The zero-order valence-electron chi connectivity index (χ0n) is 10.8. The lowest BCUT2D eigenvalue weighted by molar-refractivity contribution is -0.225. The van der Waals surface area contributed by atoms with Gasteiger partial charge in [0.15, 0.2) is 0 Å². The summed E-state index contributed by atoms with van der Waals surface area (Å²) in [4.78, 5) is 11.2. The molecule has 2 heteroatoms.